The molecule has 0 bridgehead atoms. The summed E-state index contributed by atoms with van der Waals surface area (Å²) in [5.74, 6) is -1.10. The molecule has 17 heavy (non-hydrogen) atoms. The Kier molecular flexibility index (Phi) is 4.53. The van der Waals surface area contributed by atoms with Crippen molar-refractivity contribution in [1.29, 1.82) is 0 Å². The van der Waals surface area contributed by atoms with Crippen LogP contribution in [0.25, 0.3) is 0 Å². The molecule has 7 heteroatoms. The van der Waals surface area contributed by atoms with Crippen molar-refractivity contribution < 1.29 is 14.1 Å². The maximum Gasteiger partial charge on any atom is 0.272 e. The highest BCUT2D eigenvalue weighted by Crippen LogP contribution is 2.15. The standard InChI is InChI=1S/C10H12FN3O3/c11-8-3-7(4-9(5-8)14(16)17)6-13-2-1-10(12)15/h3-5,13H,1-2,6H2,(H2,12,15). The number of carbonyl (C=O) groups is 1. The van der Waals surface area contributed by atoms with Crippen molar-refractivity contribution in [1.82, 2.24) is 5.32 Å². The highest BCUT2D eigenvalue weighted by molar-refractivity contribution is 5.73. The number of amides is 1. The van der Waals surface area contributed by atoms with Gasteiger partial charge in [-0.1, -0.05) is 0 Å². The van der Waals surface area contributed by atoms with E-state index in [2.05, 4.69) is 5.32 Å². The van der Waals surface area contributed by atoms with Crippen molar-refractivity contribution in [3.05, 3.63) is 39.7 Å². The van der Waals surface area contributed by atoms with Crippen LogP contribution in [-0.2, 0) is 11.3 Å². The number of nitro groups is 1. The Balaban J connectivity index is 2.59. The molecule has 0 saturated carbocycles. The molecule has 0 aliphatic carbocycles. The maximum atomic E-state index is 13.0. The zero-order valence-corrected chi connectivity index (χ0v) is 8.98. The van der Waals surface area contributed by atoms with Gasteiger partial charge >= 0.3 is 0 Å². The second-order valence-corrected chi connectivity index (χ2v) is 3.47. The summed E-state index contributed by atoms with van der Waals surface area (Å²) in [6, 6.07) is 3.33. The van der Waals surface area contributed by atoms with Crippen molar-refractivity contribution in [3.63, 3.8) is 0 Å². The Morgan fingerprint density at radius 2 is 2.18 bits per heavy atom. The van der Waals surface area contributed by atoms with Gasteiger partial charge in [0.15, 0.2) is 0 Å². The largest absolute Gasteiger partial charge is 0.370 e. The number of hydrogen-bond acceptors (Lipinski definition) is 4. The van der Waals surface area contributed by atoms with E-state index in [0.29, 0.717) is 12.1 Å². The number of benzene rings is 1. The fraction of sp³-hybridized carbons (Fsp3) is 0.300. The number of nitrogens with one attached hydrogen (secondary N) is 1. The van der Waals surface area contributed by atoms with Gasteiger partial charge in [0.1, 0.15) is 5.82 Å². The Morgan fingerprint density at radius 3 is 2.76 bits per heavy atom. The molecule has 0 saturated heterocycles. The summed E-state index contributed by atoms with van der Waals surface area (Å²) in [4.78, 5) is 20.3. The average Bonchev–Trinajstić information content (AvgIpc) is 2.23. The molecule has 6 nitrogen and oxygen atoms in total. The second-order valence-electron chi connectivity index (χ2n) is 3.47. The molecule has 0 unspecified atom stereocenters. The number of rotatable bonds is 6. The molecule has 92 valence electrons. The van der Waals surface area contributed by atoms with E-state index in [1.54, 1.807) is 0 Å². The van der Waals surface area contributed by atoms with Crippen molar-refractivity contribution in [2.24, 2.45) is 5.73 Å². The lowest BCUT2D eigenvalue weighted by Gasteiger charge is -2.03. The van der Waals surface area contributed by atoms with Crippen LogP contribution in [0, 0.1) is 15.9 Å². The Labute approximate surface area is 96.8 Å². The lowest BCUT2D eigenvalue weighted by atomic mass is 10.2. The summed E-state index contributed by atoms with van der Waals surface area (Å²) in [7, 11) is 0. The number of nitrogens with two attached hydrogens (primary N) is 1. The van der Waals surface area contributed by atoms with Crippen molar-refractivity contribution in [2.75, 3.05) is 6.54 Å². The molecular formula is C10H12FN3O3. The monoisotopic (exact) mass is 241 g/mol. The summed E-state index contributed by atoms with van der Waals surface area (Å²) < 4.78 is 13.0. The van der Waals surface area contributed by atoms with Crippen molar-refractivity contribution in [3.8, 4) is 0 Å². The van der Waals surface area contributed by atoms with E-state index in [-0.39, 0.29) is 18.7 Å². The van der Waals surface area contributed by atoms with Crippen LogP contribution in [0.5, 0.6) is 0 Å². The van der Waals surface area contributed by atoms with E-state index in [4.69, 9.17) is 5.73 Å². The fourth-order valence-electron chi connectivity index (χ4n) is 1.29. The molecule has 0 spiro atoms. The fourth-order valence-corrected chi connectivity index (χ4v) is 1.29. The van der Waals surface area contributed by atoms with Gasteiger partial charge < -0.3 is 11.1 Å². The lowest BCUT2D eigenvalue weighted by Crippen LogP contribution is -2.21. The van der Waals surface area contributed by atoms with Gasteiger partial charge in [0.2, 0.25) is 5.91 Å². The molecule has 0 radical (unpaired) electrons. The molecule has 0 heterocycles. The summed E-state index contributed by atoms with van der Waals surface area (Å²) in [6.07, 6.45) is 0.164. The molecule has 0 aliphatic rings. The first-order valence-corrected chi connectivity index (χ1v) is 4.92. The molecule has 3 N–H and O–H groups in total. The van der Waals surface area contributed by atoms with E-state index in [1.807, 2.05) is 0 Å². The third-order valence-electron chi connectivity index (χ3n) is 2.03. The van der Waals surface area contributed by atoms with Gasteiger partial charge in [-0.05, 0) is 11.6 Å². The van der Waals surface area contributed by atoms with E-state index in [1.165, 1.54) is 12.1 Å². The Hall–Kier alpha value is -2.02. The molecule has 0 aliphatic heterocycles. The zero-order valence-electron chi connectivity index (χ0n) is 8.98. The van der Waals surface area contributed by atoms with Crippen LogP contribution in [0.3, 0.4) is 0 Å². The number of carbonyl (C=O) groups excluding carboxylic acids is 1. The predicted octanol–water partition coefficient (Wildman–Crippen LogP) is 0.699. The van der Waals surface area contributed by atoms with Gasteiger partial charge in [0, 0.05) is 25.6 Å². The quantitative estimate of drug-likeness (QED) is 0.435. The third-order valence-corrected chi connectivity index (χ3v) is 2.03. The molecule has 0 atom stereocenters. The van der Waals surface area contributed by atoms with Crippen LogP contribution in [0.2, 0.25) is 0 Å². The van der Waals surface area contributed by atoms with E-state index < -0.39 is 16.6 Å². The van der Waals surface area contributed by atoms with Crippen LogP contribution in [0.15, 0.2) is 18.2 Å². The summed E-state index contributed by atoms with van der Waals surface area (Å²) in [6.45, 7) is 0.589. The second kappa shape index (κ2) is 5.90. The van der Waals surface area contributed by atoms with E-state index in [0.717, 1.165) is 6.07 Å². The smallest absolute Gasteiger partial charge is 0.272 e. The summed E-state index contributed by atoms with van der Waals surface area (Å²) >= 11 is 0. The highest BCUT2D eigenvalue weighted by Gasteiger charge is 2.09. The van der Waals surface area contributed by atoms with Gasteiger partial charge in [-0.15, -0.1) is 0 Å². The molecule has 0 fully saturated rings. The molecule has 0 aromatic heterocycles. The van der Waals surface area contributed by atoms with Crippen molar-refractivity contribution in [2.45, 2.75) is 13.0 Å². The highest BCUT2D eigenvalue weighted by atomic mass is 19.1. The van der Waals surface area contributed by atoms with Crippen LogP contribution in [-0.4, -0.2) is 17.4 Å². The number of primary amides is 1. The molecule has 1 aromatic rings. The van der Waals surface area contributed by atoms with Gasteiger partial charge in [-0.2, -0.15) is 0 Å². The average molecular weight is 241 g/mol. The van der Waals surface area contributed by atoms with Gasteiger partial charge in [0.05, 0.1) is 11.0 Å². The SMILES string of the molecule is NC(=O)CCNCc1cc(F)cc([N+](=O)[O-])c1. The number of halogens is 1. The molecule has 1 rings (SSSR count). The minimum Gasteiger partial charge on any atom is -0.370 e. The van der Waals surface area contributed by atoms with E-state index in [9.17, 15) is 19.3 Å². The number of nitrogens with zero attached hydrogens (tertiary/aromatic N) is 1. The van der Waals surface area contributed by atoms with Crippen LogP contribution >= 0.6 is 0 Å². The first-order chi connectivity index (χ1) is 7.99. The topological polar surface area (TPSA) is 98.3 Å². The number of nitro benzene ring substituents is 1. The number of non-ortho nitro benzene ring substituents is 1. The first kappa shape index (κ1) is 13.0. The normalized spacial score (nSPS) is 10.2. The van der Waals surface area contributed by atoms with E-state index >= 15 is 0 Å². The Bertz CT molecular complexity index is 437. The van der Waals surface area contributed by atoms with Crippen molar-refractivity contribution >= 4 is 11.6 Å². The number of hydrogen-bond donors (Lipinski definition) is 2. The maximum absolute atomic E-state index is 13.0. The van der Waals surface area contributed by atoms with Gasteiger partial charge in [-0.25, -0.2) is 4.39 Å². The summed E-state index contributed by atoms with van der Waals surface area (Å²) in [5.41, 5.74) is 5.08. The van der Waals surface area contributed by atoms with Crippen LogP contribution in [0.4, 0.5) is 10.1 Å². The third kappa shape index (κ3) is 4.56. The summed E-state index contributed by atoms with van der Waals surface area (Å²) in [5, 5.41) is 13.3. The first-order valence-electron chi connectivity index (χ1n) is 4.92. The Morgan fingerprint density at radius 1 is 1.47 bits per heavy atom. The molecular weight excluding hydrogens is 229 g/mol. The van der Waals surface area contributed by atoms with Crippen LogP contribution < -0.4 is 11.1 Å². The lowest BCUT2D eigenvalue weighted by molar-refractivity contribution is -0.385. The van der Waals surface area contributed by atoms with Gasteiger partial charge in [0.25, 0.3) is 5.69 Å². The molecule has 1 amide bonds. The predicted molar refractivity (Wildman–Crippen MR) is 58.6 cm³/mol. The van der Waals surface area contributed by atoms with Gasteiger partial charge in [-0.3, -0.25) is 14.9 Å². The minimum atomic E-state index is -0.661. The molecule has 1 aromatic carbocycles. The minimum absolute atomic E-state index is 0.164. The van der Waals surface area contributed by atoms with Crippen LogP contribution in [0.1, 0.15) is 12.0 Å². The zero-order chi connectivity index (χ0) is 12.8.